The normalized spacial score (nSPS) is 12.6. The molecule has 0 aliphatic rings. The Labute approximate surface area is 132 Å². The van der Waals surface area contributed by atoms with Crippen molar-refractivity contribution in [2.75, 3.05) is 13.2 Å². The van der Waals surface area contributed by atoms with Gasteiger partial charge in [0, 0.05) is 17.1 Å². The molecule has 1 heterocycles. The van der Waals surface area contributed by atoms with Crippen LogP contribution in [0.2, 0.25) is 0 Å². The van der Waals surface area contributed by atoms with Gasteiger partial charge in [0.15, 0.2) is 0 Å². The highest BCUT2D eigenvalue weighted by Crippen LogP contribution is 2.26. The maximum Gasteiger partial charge on any atom is 0.329 e. The van der Waals surface area contributed by atoms with Crippen molar-refractivity contribution in [3.05, 3.63) is 30.5 Å². The number of benzene rings is 1. The highest BCUT2D eigenvalue weighted by atomic mass is 16.5. The molecule has 4 nitrogen and oxygen atoms in total. The van der Waals surface area contributed by atoms with Gasteiger partial charge in [0.1, 0.15) is 11.8 Å². The number of carbonyl (C=O) groups excluding carboxylic acids is 1. The quantitative estimate of drug-likeness (QED) is 0.720. The minimum atomic E-state index is -0.283. The second-order valence-electron chi connectivity index (χ2n) is 5.82. The van der Waals surface area contributed by atoms with Gasteiger partial charge in [-0.2, -0.15) is 0 Å². The lowest BCUT2D eigenvalue weighted by Gasteiger charge is -2.18. The topological polar surface area (TPSA) is 40.5 Å². The zero-order valence-corrected chi connectivity index (χ0v) is 13.8. The highest BCUT2D eigenvalue weighted by molar-refractivity contribution is 5.84. The molecule has 2 aromatic rings. The molecule has 2 rings (SSSR count). The van der Waals surface area contributed by atoms with Crippen molar-refractivity contribution >= 4 is 16.9 Å². The third-order valence-corrected chi connectivity index (χ3v) is 3.56. The van der Waals surface area contributed by atoms with Crippen LogP contribution in [0.1, 0.15) is 40.2 Å². The van der Waals surface area contributed by atoms with Gasteiger partial charge < -0.3 is 14.0 Å². The van der Waals surface area contributed by atoms with Gasteiger partial charge >= 0.3 is 5.97 Å². The first-order valence-corrected chi connectivity index (χ1v) is 7.96. The number of aromatic nitrogens is 1. The van der Waals surface area contributed by atoms with Crippen LogP contribution in [0.25, 0.3) is 10.9 Å². The molecule has 0 saturated heterocycles. The van der Waals surface area contributed by atoms with Crippen LogP contribution in [-0.4, -0.2) is 23.8 Å². The van der Waals surface area contributed by atoms with Gasteiger partial charge in [-0.25, -0.2) is 4.79 Å². The Balaban J connectivity index is 2.25. The van der Waals surface area contributed by atoms with Crippen molar-refractivity contribution in [3.63, 3.8) is 0 Å². The van der Waals surface area contributed by atoms with Crippen molar-refractivity contribution in [3.8, 4) is 5.75 Å². The number of fused-ring (bicyclic) bond motifs is 1. The number of carbonyl (C=O) groups is 1. The van der Waals surface area contributed by atoms with E-state index in [0.717, 1.165) is 16.7 Å². The van der Waals surface area contributed by atoms with Crippen LogP contribution in [0.5, 0.6) is 5.75 Å². The zero-order chi connectivity index (χ0) is 16.1. The van der Waals surface area contributed by atoms with Crippen LogP contribution in [0.3, 0.4) is 0 Å². The molecule has 22 heavy (non-hydrogen) atoms. The molecule has 0 bridgehead atoms. The summed E-state index contributed by atoms with van der Waals surface area (Å²) in [5.41, 5.74) is 1.02. The molecule has 0 radical (unpaired) electrons. The summed E-state index contributed by atoms with van der Waals surface area (Å²) in [4.78, 5) is 12.3. The summed E-state index contributed by atoms with van der Waals surface area (Å²) in [6.07, 6.45) is 2.65. The summed E-state index contributed by atoms with van der Waals surface area (Å²) in [7, 11) is 0. The number of rotatable bonds is 7. The average Bonchev–Trinajstić information content (AvgIpc) is 2.89. The molecule has 120 valence electrons. The minimum absolute atomic E-state index is 0.164. The van der Waals surface area contributed by atoms with Gasteiger partial charge in [0.25, 0.3) is 0 Å². The van der Waals surface area contributed by atoms with E-state index in [9.17, 15) is 4.79 Å². The van der Waals surface area contributed by atoms with Crippen molar-refractivity contribution in [1.82, 2.24) is 4.57 Å². The summed E-state index contributed by atoms with van der Waals surface area (Å²) in [6, 6.07) is 7.67. The zero-order valence-electron chi connectivity index (χ0n) is 13.8. The van der Waals surface area contributed by atoms with E-state index in [1.807, 2.05) is 62.7 Å². The molecule has 1 aromatic heterocycles. The molecule has 0 N–H and O–H groups in total. The van der Waals surface area contributed by atoms with Crippen molar-refractivity contribution in [2.45, 2.75) is 40.2 Å². The molecule has 0 saturated carbocycles. The maximum atomic E-state index is 12.3. The summed E-state index contributed by atoms with van der Waals surface area (Å²) in [5.74, 6) is 1.03. The van der Waals surface area contributed by atoms with Gasteiger partial charge in [-0.1, -0.05) is 20.8 Å². The number of hydrogen-bond donors (Lipinski definition) is 0. The van der Waals surface area contributed by atoms with E-state index in [0.29, 0.717) is 25.6 Å². The standard InChI is InChI=1S/C18H25NO3/c1-5-16(18(20)22-12-13(3)4)19-10-9-14-11-15(21-6-2)7-8-17(14)19/h7-11,13,16H,5-6,12H2,1-4H3. The predicted molar refractivity (Wildman–Crippen MR) is 88.2 cm³/mol. The molecule has 1 atom stereocenters. The van der Waals surface area contributed by atoms with Gasteiger partial charge in [0.2, 0.25) is 0 Å². The predicted octanol–water partition coefficient (Wildman–Crippen LogP) is 4.19. The maximum absolute atomic E-state index is 12.3. The third-order valence-electron chi connectivity index (χ3n) is 3.56. The molecule has 0 aliphatic heterocycles. The van der Waals surface area contributed by atoms with Crippen LogP contribution in [0.15, 0.2) is 30.5 Å². The van der Waals surface area contributed by atoms with E-state index < -0.39 is 0 Å². The van der Waals surface area contributed by atoms with Gasteiger partial charge in [-0.15, -0.1) is 0 Å². The Kier molecular flexibility index (Phi) is 5.47. The first-order valence-electron chi connectivity index (χ1n) is 7.96. The molecular formula is C18H25NO3. The Hall–Kier alpha value is -1.97. The average molecular weight is 303 g/mol. The van der Waals surface area contributed by atoms with Crippen molar-refractivity contribution in [2.24, 2.45) is 5.92 Å². The van der Waals surface area contributed by atoms with E-state index in [1.165, 1.54) is 0 Å². The number of esters is 1. The van der Waals surface area contributed by atoms with Crippen LogP contribution < -0.4 is 4.74 Å². The summed E-state index contributed by atoms with van der Waals surface area (Å²) >= 11 is 0. The molecule has 1 unspecified atom stereocenters. The molecule has 0 spiro atoms. The number of nitrogens with zero attached hydrogens (tertiary/aromatic N) is 1. The third kappa shape index (κ3) is 3.62. The molecule has 0 fully saturated rings. The van der Waals surface area contributed by atoms with Gasteiger partial charge in [0.05, 0.1) is 13.2 Å². The SMILES string of the molecule is CCOc1ccc2c(ccn2C(CC)C(=O)OCC(C)C)c1. The smallest absolute Gasteiger partial charge is 0.329 e. The van der Waals surface area contributed by atoms with Crippen LogP contribution in [0.4, 0.5) is 0 Å². The second-order valence-corrected chi connectivity index (χ2v) is 5.82. The molecular weight excluding hydrogens is 278 g/mol. The lowest BCUT2D eigenvalue weighted by molar-refractivity contribution is -0.148. The molecule has 0 aliphatic carbocycles. The fourth-order valence-electron chi connectivity index (χ4n) is 2.49. The Bertz CT molecular complexity index is 630. The lowest BCUT2D eigenvalue weighted by Crippen LogP contribution is -2.22. The van der Waals surface area contributed by atoms with E-state index in [2.05, 4.69) is 0 Å². The summed E-state index contributed by atoms with van der Waals surface area (Å²) in [5, 5.41) is 1.07. The van der Waals surface area contributed by atoms with Crippen LogP contribution in [-0.2, 0) is 9.53 Å². The first kappa shape index (κ1) is 16.4. The minimum Gasteiger partial charge on any atom is -0.494 e. The number of ether oxygens (including phenoxy) is 2. The van der Waals surface area contributed by atoms with E-state index in [-0.39, 0.29) is 12.0 Å². The van der Waals surface area contributed by atoms with Crippen molar-refractivity contribution in [1.29, 1.82) is 0 Å². The Morgan fingerprint density at radius 1 is 1.23 bits per heavy atom. The first-order chi connectivity index (χ1) is 10.6. The van der Waals surface area contributed by atoms with Crippen LogP contribution in [0, 0.1) is 5.92 Å². The van der Waals surface area contributed by atoms with E-state index >= 15 is 0 Å². The highest BCUT2D eigenvalue weighted by Gasteiger charge is 2.21. The Morgan fingerprint density at radius 2 is 2.00 bits per heavy atom. The van der Waals surface area contributed by atoms with E-state index in [1.54, 1.807) is 0 Å². The largest absolute Gasteiger partial charge is 0.494 e. The molecule has 4 heteroatoms. The van der Waals surface area contributed by atoms with Crippen molar-refractivity contribution < 1.29 is 14.3 Å². The molecule has 0 amide bonds. The van der Waals surface area contributed by atoms with Gasteiger partial charge in [-0.05, 0) is 43.5 Å². The van der Waals surface area contributed by atoms with E-state index in [4.69, 9.17) is 9.47 Å². The Morgan fingerprint density at radius 3 is 2.64 bits per heavy atom. The van der Waals surface area contributed by atoms with Crippen LogP contribution >= 0.6 is 0 Å². The number of hydrogen-bond acceptors (Lipinski definition) is 3. The monoisotopic (exact) mass is 303 g/mol. The fraction of sp³-hybridized carbons (Fsp3) is 0.500. The summed E-state index contributed by atoms with van der Waals surface area (Å²) in [6.45, 7) is 9.15. The second kappa shape index (κ2) is 7.34. The summed E-state index contributed by atoms with van der Waals surface area (Å²) < 4.78 is 12.9. The fourth-order valence-corrected chi connectivity index (χ4v) is 2.49. The van der Waals surface area contributed by atoms with Gasteiger partial charge in [-0.3, -0.25) is 0 Å². The lowest BCUT2D eigenvalue weighted by atomic mass is 10.2. The molecule has 1 aromatic carbocycles.